The van der Waals surface area contributed by atoms with Crippen LogP contribution in [0, 0.1) is 0 Å². The fourth-order valence-electron chi connectivity index (χ4n) is 9.30. The van der Waals surface area contributed by atoms with E-state index in [9.17, 15) is 0 Å². The molecule has 6 aliphatic rings. The van der Waals surface area contributed by atoms with Crippen molar-refractivity contribution in [3.05, 3.63) is 168 Å². The Balaban J connectivity index is 0.000000113. The zero-order valence-corrected chi connectivity index (χ0v) is 42.7. The molecule has 0 unspecified atom stereocenters. The predicted molar refractivity (Wildman–Crippen MR) is 253 cm³/mol. The maximum atomic E-state index is 2.29. The summed E-state index contributed by atoms with van der Waals surface area (Å²) in [5.74, 6) is 3.52. The van der Waals surface area contributed by atoms with Gasteiger partial charge in [0.25, 0.3) is 0 Å². The van der Waals surface area contributed by atoms with Crippen molar-refractivity contribution in [1.29, 1.82) is 0 Å². The zero-order chi connectivity index (χ0) is 40.7. The Morgan fingerprint density at radius 3 is 0.710 bits per heavy atom. The van der Waals surface area contributed by atoms with E-state index in [1.54, 1.807) is 77.1 Å². The molecule has 6 saturated carbocycles. The molecule has 0 saturated heterocycles. The first-order valence-electron chi connectivity index (χ1n) is 23.3. The molecule has 0 spiro atoms. The average molecular weight is 1010 g/mol. The third-order valence-electron chi connectivity index (χ3n) is 13.3. The topological polar surface area (TPSA) is 0 Å². The quantitative estimate of drug-likeness (QED) is 0.154. The van der Waals surface area contributed by atoms with Gasteiger partial charge in [-0.3, -0.25) is 0 Å². The van der Waals surface area contributed by atoms with Crippen molar-refractivity contribution in [3.63, 3.8) is 0 Å². The first-order valence-corrected chi connectivity index (χ1v) is 25.7. The Labute approximate surface area is 413 Å². The van der Waals surface area contributed by atoms with E-state index in [2.05, 4.69) is 146 Å². The minimum absolute atomic E-state index is 0. The first-order chi connectivity index (χ1) is 29.6. The summed E-state index contributed by atoms with van der Waals surface area (Å²) in [7, 11) is 0. The molecule has 0 aromatic heterocycles. The Hall–Kier alpha value is -2.59. The van der Waals surface area contributed by atoms with Crippen molar-refractivity contribution in [2.75, 3.05) is 0 Å². The number of benzene rings is 4. The number of fused-ring (bicyclic) bond motifs is 4. The largest absolute Gasteiger partial charge is 0.150 e. The van der Waals surface area contributed by atoms with Crippen molar-refractivity contribution < 1.29 is 73.3 Å². The van der Waals surface area contributed by atoms with Gasteiger partial charge in [-0.25, -0.2) is 0 Å². The second kappa shape index (κ2) is 23.0. The van der Waals surface area contributed by atoms with Crippen molar-refractivity contribution >= 4 is 49.5 Å². The maximum absolute atomic E-state index is 2.29. The molecule has 0 bridgehead atoms. The molecular formula is C58H60Cl2Zr2-2. The van der Waals surface area contributed by atoms with Crippen molar-refractivity contribution in [2.24, 2.45) is 0 Å². The standard InChI is InChI=1S/4C12H11.2C5H8.2ClH.2Zr/c4*1-2-4-11-9(3-1)7-8-12(11)10-5-6-10;2*1-2-4-5-3-1;;;;/h4*1-4,7-8,10H,5-6H2;2*1-4H2;2*1H;;/q4*-1;;;;;2*+2/p-2. The van der Waals surface area contributed by atoms with Gasteiger partial charge in [0.15, 0.2) is 0 Å². The van der Waals surface area contributed by atoms with Crippen LogP contribution in [-0.4, -0.2) is 6.41 Å². The van der Waals surface area contributed by atoms with Crippen molar-refractivity contribution in [1.82, 2.24) is 0 Å². The molecule has 6 aliphatic carbocycles. The van der Waals surface area contributed by atoms with Gasteiger partial charge in [-0.1, -0.05) is 99.3 Å². The van der Waals surface area contributed by atoms with E-state index in [0.29, 0.717) is 0 Å². The van der Waals surface area contributed by atoms with Crippen LogP contribution in [0.25, 0.3) is 43.1 Å². The van der Waals surface area contributed by atoms with Crippen LogP contribution >= 0.6 is 0 Å². The molecule has 0 heterocycles. The molecule has 6 fully saturated rings. The van der Waals surface area contributed by atoms with Gasteiger partial charge < -0.3 is 24.8 Å². The molecule has 8 aromatic rings. The molecule has 316 valence electrons. The molecule has 0 radical (unpaired) electrons. The van der Waals surface area contributed by atoms with Crippen LogP contribution in [0.4, 0.5) is 0 Å². The van der Waals surface area contributed by atoms with Crippen LogP contribution in [0.5, 0.6) is 0 Å². The van der Waals surface area contributed by atoms with Gasteiger partial charge >= 0.3 is 106 Å². The second-order valence-corrected chi connectivity index (χ2v) is 21.7. The molecule has 0 N–H and O–H groups in total. The third-order valence-corrected chi connectivity index (χ3v) is 15.8. The van der Waals surface area contributed by atoms with Crippen LogP contribution in [0.2, 0.25) is 0 Å². The summed E-state index contributed by atoms with van der Waals surface area (Å²) in [6.07, 6.45) is 22.8. The molecule has 8 aromatic carbocycles. The SMILES string of the molecule is [Cl-].[Cl-].[Zr+2]=[C]1CCCC1.[Zr+2]=[C]1CCCC1.c1ccc2c(C3CC3)c[cH-]c2c1.c1ccc2c(C3CC3)c[cH-]c2c1.c1ccc2c(C3CC3)c[cH-]c2c1.c1ccc2c(C3CC3)c[cH-]c2c1. The van der Waals surface area contributed by atoms with Crippen molar-refractivity contribution in [2.45, 2.75) is 126 Å². The molecule has 62 heavy (non-hydrogen) atoms. The van der Waals surface area contributed by atoms with Gasteiger partial charge in [0.2, 0.25) is 0 Å². The third kappa shape index (κ3) is 12.8. The molecule has 14 rings (SSSR count). The van der Waals surface area contributed by atoms with Gasteiger partial charge in [0.1, 0.15) is 0 Å². The Morgan fingerprint density at radius 1 is 0.323 bits per heavy atom. The summed E-state index contributed by atoms with van der Waals surface area (Å²) in [5.41, 5.74) is 6.30. The molecule has 0 atom stereocenters. The van der Waals surface area contributed by atoms with E-state index in [4.69, 9.17) is 0 Å². The fraction of sp³-hybridized carbons (Fsp3) is 0.345. The molecule has 4 heteroatoms. The zero-order valence-electron chi connectivity index (χ0n) is 36.2. The predicted octanol–water partition coefficient (Wildman–Crippen LogP) is 10.3. The van der Waals surface area contributed by atoms with Gasteiger partial charge in [-0.15, -0.1) is 164 Å². The molecule has 0 nitrogen and oxygen atoms in total. The maximum Gasteiger partial charge on any atom is -0.0553 e. The van der Waals surface area contributed by atoms with E-state index in [-0.39, 0.29) is 24.8 Å². The number of rotatable bonds is 4. The monoisotopic (exact) mass is 1010 g/mol. The second-order valence-electron chi connectivity index (χ2n) is 18.2. The summed E-state index contributed by atoms with van der Waals surface area (Å²) < 4.78 is 3.59. The Kier molecular flexibility index (Phi) is 17.6. The summed E-state index contributed by atoms with van der Waals surface area (Å²) in [6, 6.07) is 52.8. The van der Waals surface area contributed by atoms with Crippen molar-refractivity contribution in [3.8, 4) is 0 Å². The van der Waals surface area contributed by atoms with Crippen LogP contribution < -0.4 is 24.8 Å². The van der Waals surface area contributed by atoms with Crippen LogP contribution in [0.1, 0.15) is 149 Å². The van der Waals surface area contributed by atoms with E-state index < -0.39 is 0 Å². The van der Waals surface area contributed by atoms with Crippen LogP contribution in [0.3, 0.4) is 0 Å². The normalized spacial score (nSPS) is 17.5. The van der Waals surface area contributed by atoms with Gasteiger partial charge in [-0.05, 0) is 0 Å². The van der Waals surface area contributed by atoms with E-state index >= 15 is 0 Å². The molecule has 0 amide bonds. The Bertz CT molecular complexity index is 2280. The van der Waals surface area contributed by atoms with E-state index in [1.807, 2.05) is 0 Å². The minimum atomic E-state index is 0. The van der Waals surface area contributed by atoms with E-state index in [1.165, 1.54) is 146 Å². The molecular weight excluding hydrogens is 950 g/mol. The summed E-state index contributed by atoms with van der Waals surface area (Å²) in [4.78, 5) is 0. The fourth-order valence-corrected chi connectivity index (χ4v) is 11.0. The minimum Gasteiger partial charge on any atom is -0.150 e. The number of hydrogen-bond donors (Lipinski definition) is 0. The van der Waals surface area contributed by atoms with Gasteiger partial charge in [0, 0.05) is 0 Å². The van der Waals surface area contributed by atoms with Crippen LogP contribution in [0.15, 0.2) is 146 Å². The van der Waals surface area contributed by atoms with E-state index in [0.717, 1.165) is 23.7 Å². The summed E-state index contributed by atoms with van der Waals surface area (Å²) in [6.45, 7) is 0. The van der Waals surface area contributed by atoms with Crippen LogP contribution in [-0.2, 0) is 48.5 Å². The number of halogens is 2. The Morgan fingerprint density at radius 2 is 0.532 bits per heavy atom. The molecule has 0 aliphatic heterocycles. The average Bonchev–Trinajstić information content (AvgIpc) is 4.28. The first kappa shape index (κ1) is 47.4. The summed E-state index contributed by atoms with van der Waals surface area (Å²) >= 11 is 3.36. The smallest absolute Gasteiger partial charge is 0.0553 e. The summed E-state index contributed by atoms with van der Waals surface area (Å²) in [5, 5.41) is 11.5. The number of hydrogen-bond acceptors (Lipinski definition) is 0. The van der Waals surface area contributed by atoms with Gasteiger partial charge in [0.05, 0.1) is 0 Å². The van der Waals surface area contributed by atoms with Gasteiger partial charge in [-0.2, -0.15) is 22.3 Å².